The molecule has 8 heteroatoms. The van der Waals surface area contributed by atoms with Crippen LogP contribution in [0.1, 0.15) is 51.3 Å². The first kappa shape index (κ1) is 23.8. The summed E-state index contributed by atoms with van der Waals surface area (Å²) in [6.07, 6.45) is 1.66. The molecule has 1 aliphatic carbocycles. The fourth-order valence-corrected chi connectivity index (χ4v) is 4.90. The van der Waals surface area contributed by atoms with Crippen LogP contribution in [0.15, 0.2) is 72.8 Å². The fraction of sp³-hybridized carbons (Fsp3) is 0.214. The minimum absolute atomic E-state index is 0.0274. The van der Waals surface area contributed by atoms with Crippen molar-refractivity contribution in [2.45, 2.75) is 31.2 Å². The number of amides is 1. The van der Waals surface area contributed by atoms with Gasteiger partial charge in [-0.3, -0.25) is 4.79 Å². The molecule has 0 aliphatic heterocycles. The van der Waals surface area contributed by atoms with Gasteiger partial charge in [0.05, 0.1) is 18.3 Å². The molecule has 1 amide bonds. The Bertz CT molecular complexity index is 1400. The molecule has 0 spiro atoms. The third-order valence-electron chi connectivity index (χ3n) is 6.57. The summed E-state index contributed by atoms with van der Waals surface area (Å²) in [5, 5.41) is 17.2. The van der Waals surface area contributed by atoms with Gasteiger partial charge in [-0.1, -0.05) is 42.5 Å². The Labute approximate surface area is 206 Å². The zero-order valence-corrected chi connectivity index (χ0v) is 19.3. The fourth-order valence-electron chi connectivity index (χ4n) is 4.90. The first-order chi connectivity index (χ1) is 17.4. The SMILES string of the molecule is O=C(N[C@H](CO)c1ccccc1)c1nn(-c2ccc(F)cc2F)c2c1CCC2Cc1cccc(F)c1. The number of rotatable bonds is 7. The number of hydrogen-bond donors (Lipinski definition) is 2. The van der Waals surface area contributed by atoms with Crippen LogP contribution >= 0.6 is 0 Å². The quantitative estimate of drug-likeness (QED) is 0.381. The lowest BCUT2D eigenvalue weighted by molar-refractivity contribution is 0.0909. The Hall–Kier alpha value is -3.91. The molecule has 1 aliphatic rings. The number of aliphatic hydroxyl groups excluding tert-OH is 1. The second-order valence-corrected chi connectivity index (χ2v) is 8.91. The highest BCUT2D eigenvalue weighted by atomic mass is 19.1. The molecule has 0 saturated carbocycles. The van der Waals surface area contributed by atoms with Gasteiger partial charge < -0.3 is 10.4 Å². The third-order valence-corrected chi connectivity index (χ3v) is 6.57. The molecule has 36 heavy (non-hydrogen) atoms. The summed E-state index contributed by atoms with van der Waals surface area (Å²) in [5.74, 6) is -2.52. The number of carbonyl (C=O) groups excluding carboxylic acids is 1. The highest BCUT2D eigenvalue weighted by Gasteiger charge is 2.35. The van der Waals surface area contributed by atoms with Gasteiger partial charge in [-0.25, -0.2) is 17.9 Å². The molecule has 3 aromatic carbocycles. The molecule has 0 fully saturated rings. The van der Waals surface area contributed by atoms with Crippen LogP contribution in [-0.2, 0) is 12.8 Å². The topological polar surface area (TPSA) is 67.2 Å². The molecule has 4 aromatic rings. The summed E-state index contributed by atoms with van der Waals surface area (Å²) in [7, 11) is 0. The van der Waals surface area contributed by atoms with Gasteiger partial charge in [0, 0.05) is 17.5 Å². The van der Waals surface area contributed by atoms with Crippen LogP contribution in [0.4, 0.5) is 13.2 Å². The number of aliphatic hydroxyl groups is 1. The number of benzene rings is 3. The standard InChI is InChI=1S/C28H24F3N3O2/c29-20-8-4-5-17(14-20)13-19-9-11-22-26(28(36)32-24(16-35)18-6-2-1-3-7-18)33-34(27(19)22)25-12-10-21(30)15-23(25)31/h1-8,10,12,14-15,19,24,35H,9,11,13,16H2,(H,32,36)/t19?,24-/m1/s1. The molecule has 2 atom stereocenters. The number of halogens is 3. The van der Waals surface area contributed by atoms with E-state index in [9.17, 15) is 23.1 Å². The monoisotopic (exact) mass is 491 g/mol. The first-order valence-corrected chi connectivity index (χ1v) is 11.7. The Morgan fingerprint density at radius 1 is 1.03 bits per heavy atom. The lowest BCUT2D eigenvalue weighted by atomic mass is 9.97. The number of hydrogen-bond acceptors (Lipinski definition) is 3. The van der Waals surface area contributed by atoms with Crippen molar-refractivity contribution < 1.29 is 23.1 Å². The van der Waals surface area contributed by atoms with Crippen molar-refractivity contribution in [3.05, 3.63) is 118 Å². The molecule has 0 saturated heterocycles. The van der Waals surface area contributed by atoms with Gasteiger partial charge >= 0.3 is 0 Å². The van der Waals surface area contributed by atoms with Gasteiger partial charge in [0.25, 0.3) is 5.91 Å². The summed E-state index contributed by atoms with van der Waals surface area (Å²) >= 11 is 0. The zero-order valence-electron chi connectivity index (χ0n) is 19.3. The molecule has 0 bridgehead atoms. The highest BCUT2D eigenvalue weighted by Crippen LogP contribution is 2.39. The van der Waals surface area contributed by atoms with Crippen LogP contribution in [-0.4, -0.2) is 27.4 Å². The Kier molecular flexibility index (Phi) is 6.61. The van der Waals surface area contributed by atoms with Gasteiger partial charge in [0.1, 0.15) is 17.3 Å². The highest BCUT2D eigenvalue weighted by molar-refractivity contribution is 5.94. The maximum absolute atomic E-state index is 14.8. The number of nitrogens with zero attached hydrogens (tertiary/aromatic N) is 2. The largest absolute Gasteiger partial charge is 0.394 e. The van der Waals surface area contributed by atoms with Gasteiger partial charge in [0.2, 0.25) is 0 Å². The molecule has 2 N–H and O–H groups in total. The van der Waals surface area contributed by atoms with Crippen LogP contribution in [0, 0.1) is 17.5 Å². The number of fused-ring (bicyclic) bond motifs is 1. The van der Waals surface area contributed by atoms with Gasteiger partial charge in [-0.15, -0.1) is 0 Å². The maximum Gasteiger partial charge on any atom is 0.272 e. The second kappa shape index (κ2) is 9.99. The Balaban J connectivity index is 1.54. The lowest BCUT2D eigenvalue weighted by Gasteiger charge is -2.16. The van der Waals surface area contributed by atoms with E-state index in [1.54, 1.807) is 18.2 Å². The smallest absolute Gasteiger partial charge is 0.272 e. The van der Waals surface area contributed by atoms with Crippen LogP contribution in [0.2, 0.25) is 0 Å². The van der Waals surface area contributed by atoms with Crippen molar-refractivity contribution >= 4 is 5.91 Å². The van der Waals surface area contributed by atoms with E-state index in [1.165, 1.54) is 22.9 Å². The predicted molar refractivity (Wildman–Crippen MR) is 128 cm³/mol. The average molecular weight is 492 g/mol. The van der Waals surface area contributed by atoms with Crippen molar-refractivity contribution in [1.82, 2.24) is 15.1 Å². The predicted octanol–water partition coefficient (Wildman–Crippen LogP) is 5.03. The minimum Gasteiger partial charge on any atom is -0.394 e. The summed E-state index contributed by atoms with van der Waals surface area (Å²) in [4.78, 5) is 13.3. The van der Waals surface area contributed by atoms with Crippen LogP contribution in [0.5, 0.6) is 0 Å². The van der Waals surface area contributed by atoms with Crippen molar-refractivity contribution in [1.29, 1.82) is 0 Å². The Morgan fingerprint density at radius 3 is 2.53 bits per heavy atom. The first-order valence-electron chi connectivity index (χ1n) is 11.7. The van der Waals surface area contributed by atoms with Crippen LogP contribution in [0.25, 0.3) is 5.69 Å². The van der Waals surface area contributed by atoms with E-state index in [0.29, 0.717) is 30.5 Å². The number of aromatic nitrogens is 2. The van der Waals surface area contributed by atoms with Crippen LogP contribution < -0.4 is 5.32 Å². The van der Waals surface area contributed by atoms with Crippen molar-refractivity contribution in [2.24, 2.45) is 0 Å². The second-order valence-electron chi connectivity index (χ2n) is 8.91. The van der Waals surface area contributed by atoms with E-state index in [0.717, 1.165) is 23.3 Å². The number of carbonyl (C=O) groups is 1. The van der Waals surface area contributed by atoms with E-state index in [2.05, 4.69) is 10.4 Å². The summed E-state index contributed by atoms with van der Waals surface area (Å²) in [6, 6.07) is 17.9. The summed E-state index contributed by atoms with van der Waals surface area (Å²) < 4.78 is 43.6. The zero-order chi connectivity index (χ0) is 25.2. The molecule has 1 aromatic heterocycles. The minimum atomic E-state index is -0.804. The van der Waals surface area contributed by atoms with E-state index in [-0.39, 0.29) is 29.7 Å². The van der Waals surface area contributed by atoms with E-state index in [1.807, 2.05) is 24.3 Å². The van der Waals surface area contributed by atoms with Crippen molar-refractivity contribution in [3.8, 4) is 5.69 Å². The maximum atomic E-state index is 14.8. The van der Waals surface area contributed by atoms with Gasteiger partial charge in [-0.2, -0.15) is 5.10 Å². The number of nitrogens with one attached hydrogen (secondary N) is 1. The summed E-state index contributed by atoms with van der Waals surface area (Å²) in [6.45, 7) is -0.312. The van der Waals surface area contributed by atoms with E-state index >= 15 is 0 Å². The molecular weight excluding hydrogens is 467 g/mol. The van der Waals surface area contributed by atoms with Gasteiger partial charge in [-0.05, 0) is 54.7 Å². The Morgan fingerprint density at radius 2 is 1.81 bits per heavy atom. The molecule has 5 rings (SSSR count). The molecule has 5 nitrogen and oxygen atoms in total. The van der Waals surface area contributed by atoms with Crippen LogP contribution in [0.3, 0.4) is 0 Å². The normalized spacial score (nSPS) is 15.5. The van der Waals surface area contributed by atoms with E-state index < -0.39 is 23.6 Å². The van der Waals surface area contributed by atoms with Crippen molar-refractivity contribution in [2.75, 3.05) is 6.61 Å². The summed E-state index contributed by atoms with van der Waals surface area (Å²) in [5.41, 5.74) is 2.98. The van der Waals surface area contributed by atoms with Gasteiger partial charge in [0.15, 0.2) is 11.5 Å². The van der Waals surface area contributed by atoms with E-state index in [4.69, 9.17) is 0 Å². The molecule has 184 valence electrons. The third kappa shape index (κ3) is 4.64. The van der Waals surface area contributed by atoms with Crippen molar-refractivity contribution in [3.63, 3.8) is 0 Å². The molecular formula is C28H24F3N3O2. The molecule has 1 unspecified atom stereocenters. The average Bonchev–Trinajstić information content (AvgIpc) is 3.44. The molecule has 0 radical (unpaired) electrons. The molecule has 1 heterocycles. The lowest BCUT2D eigenvalue weighted by Crippen LogP contribution is -2.31.